The van der Waals surface area contributed by atoms with Crippen molar-refractivity contribution >= 4 is 0 Å². The summed E-state index contributed by atoms with van der Waals surface area (Å²) in [4.78, 5) is 2.35. The Morgan fingerprint density at radius 1 is 1.70 bits per heavy atom. The van der Waals surface area contributed by atoms with E-state index in [2.05, 4.69) is 23.8 Å². The van der Waals surface area contributed by atoms with Gasteiger partial charge in [-0.15, -0.1) is 0 Å². The molecule has 0 bridgehead atoms. The lowest BCUT2D eigenvalue weighted by atomic mass is 10.1. The predicted octanol–water partition coefficient (Wildman–Crippen LogP) is 0.814. The minimum atomic E-state index is 0.635. The summed E-state index contributed by atoms with van der Waals surface area (Å²) in [5, 5.41) is 3.24. The SMILES string of the molecule is C=CNC1CCCN(C)C1. The second-order valence-corrected chi connectivity index (χ2v) is 2.97. The lowest BCUT2D eigenvalue weighted by Gasteiger charge is -2.29. The first kappa shape index (κ1) is 7.61. The Morgan fingerprint density at radius 2 is 2.50 bits per heavy atom. The Kier molecular flexibility index (Phi) is 2.75. The highest BCUT2D eigenvalue weighted by Crippen LogP contribution is 2.06. The molecule has 0 amide bonds. The maximum absolute atomic E-state index is 3.65. The molecule has 1 rings (SSSR count). The molecule has 10 heavy (non-hydrogen) atoms. The molecule has 0 aromatic rings. The molecule has 1 atom stereocenters. The predicted molar refractivity (Wildman–Crippen MR) is 43.9 cm³/mol. The van der Waals surface area contributed by atoms with E-state index in [1.807, 2.05) is 0 Å². The van der Waals surface area contributed by atoms with Gasteiger partial charge in [-0.3, -0.25) is 0 Å². The summed E-state index contributed by atoms with van der Waals surface area (Å²) in [6.45, 7) is 6.05. The van der Waals surface area contributed by atoms with Crippen LogP contribution in [0.2, 0.25) is 0 Å². The highest BCUT2D eigenvalue weighted by atomic mass is 15.1. The topological polar surface area (TPSA) is 15.3 Å². The molecule has 1 aliphatic heterocycles. The van der Waals surface area contributed by atoms with Crippen LogP contribution in [-0.2, 0) is 0 Å². The highest BCUT2D eigenvalue weighted by Gasteiger charge is 2.14. The van der Waals surface area contributed by atoms with Crippen LogP contribution >= 0.6 is 0 Å². The molecule has 0 saturated carbocycles. The Bertz CT molecular complexity index is 112. The summed E-state index contributed by atoms with van der Waals surface area (Å²) in [6.07, 6.45) is 4.39. The number of rotatable bonds is 2. The fourth-order valence-corrected chi connectivity index (χ4v) is 1.47. The summed E-state index contributed by atoms with van der Waals surface area (Å²) in [5.41, 5.74) is 0. The zero-order valence-electron chi connectivity index (χ0n) is 6.64. The molecular weight excluding hydrogens is 124 g/mol. The van der Waals surface area contributed by atoms with Gasteiger partial charge in [0, 0.05) is 12.6 Å². The van der Waals surface area contributed by atoms with Crippen molar-refractivity contribution in [3.05, 3.63) is 12.8 Å². The monoisotopic (exact) mass is 140 g/mol. The molecule has 0 aliphatic carbocycles. The van der Waals surface area contributed by atoms with Gasteiger partial charge in [0.05, 0.1) is 0 Å². The molecule has 0 aromatic heterocycles. The zero-order chi connectivity index (χ0) is 7.40. The molecular formula is C8H16N2. The first-order valence-electron chi connectivity index (χ1n) is 3.88. The molecule has 0 radical (unpaired) electrons. The van der Waals surface area contributed by atoms with Crippen LogP contribution in [0.5, 0.6) is 0 Å². The quantitative estimate of drug-likeness (QED) is 0.610. The van der Waals surface area contributed by atoms with Crippen LogP contribution in [-0.4, -0.2) is 31.1 Å². The maximum atomic E-state index is 3.65. The zero-order valence-corrected chi connectivity index (χ0v) is 6.64. The van der Waals surface area contributed by atoms with Crippen molar-refractivity contribution in [1.29, 1.82) is 0 Å². The van der Waals surface area contributed by atoms with Gasteiger partial charge in [-0.05, 0) is 32.6 Å². The van der Waals surface area contributed by atoms with Crippen molar-refractivity contribution in [1.82, 2.24) is 10.2 Å². The average Bonchev–Trinajstić information content (AvgIpc) is 1.88. The van der Waals surface area contributed by atoms with Crippen LogP contribution in [0.1, 0.15) is 12.8 Å². The molecule has 1 heterocycles. The van der Waals surface area contributed by atoms with E-state index >= 15 is 0 Å². The van der Waals surface area contributed by atoms with Crippen LogP contribution in [0, 0.1) is 0 Å². The Labute approximate surface area is 62.9 Å². The molecule has 0 spiro atoms. The molecule has 1 unspecified atom stereocenters. The smallest absolute Gasteiger partial charge is 0.0383 e. The summed E-state index contributed by atoms with van der Waals surface area (Å²) < 4.78 is 0. The Morgan fingerprint density at radius 3 is 3.10 bits per heavy atom. The fraction of sp³-hybridized carbons (Fsp3) is 0.750. The van der Waals surface area contributed by atoms with Crippen molar-refractivity contribution in [3.63, 3.8) is 0 Å². The maximum Gasteiger partial charge on any atom is 0.0383 e. The van der Waals surface area contributed by atoms with Gasteiger partial charge in [-0.2, -0.15) is 0 Å². The third kappa shape index (κ3) is 2.03. The van der Waals surface area contributed by atoms with Gasteiger partial charge in [0.2, 0.25) is 0 Å². The normalized spacial score (nSPS) is 27.9. The van der Waals surface area contributed by atoms with Gasteiger partial charge in [0.1, 0.15) is 0 Å². The first-order valence-corrected chi connectivity index (χ1v) is 3.88. The molecule has 2 nitrogen and oxygen atoms in total. The lowest BCUT2D eigenvalue weighted by Crippen LogP contribution is -2.41. The Hall–Kier alpha value is -0.500. The first-order chi connectivity index (χ1) is 4.83. The molecule has 2 heteroatoms. The van der Waals surface area contributed by atoms with E-state index in [1.165, 1.54) is 19.4 Å². The summed E-state index contributed by atoms with van der Waals surface area (Å²) >= 11 is 0. The van der Waals surface area contributed by atoms with Gasteiger partial charge in [0.15, 0.2) is 0 Å². The van der Waals surface area contributed by atoms with Gasteiger partial charge in [0.25, 0.3) is 0 Å². The second kappa shape index (κ2) is 3.62. The minimum Gasteiger partial charge on any atom is -0.387 e. The Balaban J connectivity index is 2.24. The fourth-order valence-electron chi connectivity index (χ4n) is 1.47. The van der Waals surface area contributed by atoms with Crippen LogP contribution in [0.15, 0.2) is 12.8 Å². The second-order valence-electron chi connectivity index (χ2n) is 2.97. The standard InChI is InChI=1S/C8H16N2/c1-3-9-8-5-4-6-10(2)7-8/h3,8-9H,1,4-7H2,2H3. The summed E-state index contributed by atoms with van der Waals surface area (Å²) in [5.74, 6) is 0. The lowest BCUT2D eigenvalue weighted by molar-refractivity contribution is 0.237. The molecule has 58 valence electrons. The van der Waals surface area contributed by atoms with E-state index in [1.54, 1.807) is 6.20 Å². The minimum absolute atomic E-state index is 0.635. The van der Waals surface area contributed by atoms with Crippen molar-refractivity contribution in [2.75, 3.05) is 20.1 Å². The average molecular weight is 140 g/mol. The van der Waals surface area contributed by atoms with Crippen molar-refractivity contribution in [2.45, 2.75) is 18.9 Å². The molecule has 1 aliphatic rings. The van der Waals surface area contributed by atoms with Crippen molar-refractivity contribution in [2.24, 2.45) is 0 Å². The van der Waals surface area contributed by atoms with Crippen LogP contribution in [0.4, 0.5) is 0 Å². The van der Waals surface area contributed by atoms with E-state index in [-0.39, 0.29) is 0 Å². The molecule has 1 N–H and O–H groups in total. The third-order valence-corrected chi connectivity index (χ3v) is 1.98. The number of nitrogens with zero attached hydrogens (tertiary/aromatic N) is 1. The van der Waals surface area contributed by atoms with E-state index in [0.29, 0.717) is 6.04 Å². The number of likely N-dealkylation sites (N-methyl/N-ethyl adjacent to an activating group) is 1. The molecule has 1 saturated heterocycles. The molecule has 1 fully saturated rings. The van der Waals surface area contributed by atoms with E-state index in [0.717, 1.165) is 6.54 Å². The number of nitrogens with one attached hydrogen (secondary N) is 1. The van der Waals surface area contributed by atoms with Crippen LogP contribution in [0.3, 0.4) is 0 Å². The van der Waals surface area contributed by atoms with Crippen LogP contribution in [0.25, 0.3) is 0 Å². The summed E-state index contributed by atoms with van der Waals surface area (Å²) in [7, 11) is 2.16. The van der Waals surface area contributed by atoms with Gasteiger partial charge in [-0.1, -0.05) is 6.58 Å². The molecule has 0 aromatic carbocycles. The number of likely N-dealkylation sites (tertiary alicyclic amines) is 1. The van der Waals surface area contributed by atoms with Gasteiger partial charge >= 0.3 is 0 Å². The van der Waals surface area contributed by atoms with Gasteiger partial charge in [-0.25, -0.2) is 0 Å². The number of piperidine rings is 1. The number of hydrogen-bond donors (Lipinski definition) is 1. The number of hydrogen-bond acceptors (Lipinski definition) is 2. The largest absolute Gasteiger partial charge is 0.387 e. The van der Waals surface area contributed by atoms with Gasteiger partial charge < -0.3 is 10.2 Å². The third-order valence-electron chi connectivity index (χ3n) is 1.98. The van der Waals surface area contributed by atoms with E-state index in [9.17, 15) is 0 Å². The highest BCUT2D eigenvalue weighted by molar-refractivity contribution is 4.80. The van der Waals surface area contributed by atoms with E-state index < -0.39 is 0 Å². The van der Waals surface area contributed by atoms with Crippen molar-refractivity contribution < 1.29 is 0 Å². The summed E-state index contributed by atoms with van der Waals surface area (Å²) in [6, 6.07) is 0.635. The van der Waals surface area contributed by atoms with Crippen LogP contribution < -0.4 is 5.32 Å². The van der Waals surface area contributed by atoms with Crippen molar-refractivity contribution in [3.8, 4) is 0 Å². The van der Waals surface area contributed by atoms with E-state index in [4.69, 9.17) is 0 Å².